The largest absolute Gasteiger partial charge is 0.385 e. The van der Waals surface area contributed by atoms with Gasteiger partial charge in [-0.3, -0.25) is 0 Å². The van der Waals surface area contributed by atoms with Crippen molar-refractivity contribution in [3.05, 3.63) is 48.5 Å². The van der Waals surface area contributed by atoms with Crippen LogP contribution in [0, 0.1) is 0 Å². The lowest BCUT2D eigenvalue weighted by Gasteiger charge is -2.13. The van der Waals surface area contributed by atoms with Gasteiger partial charge in [0.1, 0.15) is 12.6 Å². The van der Waals surface area contributed by atoms with Crippen LogP contribution in [-0.4, -0.2) is 49.5 Å². The first-order valence-corrected chi connectivity index (χ1v) is 8.91. The fourth-order valence-electron chi connectivity index (χ4n) is 3.40. The van der Waals surface area contributed by atoms with Crippen molar-refractivity contribution in [2.24, 2.45) is 0 Å². The molecule has 3 aromatic rings. The van der Waals surface area contributed by atoms with Gasteiger partial charge in [-0.1, -0.05) is 36.4 Å². The van der Waals surface area contributed by atoms with E-state index in [9.17, 15) is 5.11 Å². The van der Waals surface area contributed by atoms with Crippen molar-refractivity contribution in [1.82, 2.24) is 4.57 Å². The molecule has 3 rings (SSSR count). The summed E-state index contributed by atoms with van der Waals surface area (Å²) >= 11 is 0. The number of quaternary nitrogens is 2. The SMILES string of the molecule is C[NH+](C)CCC[NH2+]C[C@@H](O)Cn1c2ccccc2c2ccccc21. The molecule has 0 aliphatic carbocycles. The molecule has 0 aliphatic heterocycles. The predicted molar refractivity (Wildman–Crippen MR) is 99.4 cm³/mol. The van der Waals surface area contributed by atoms with E-state index in [0.29, 0.717) is 6.54 Å². The highest BCUT2D eigenvalue weighted by Gasteiger charge is 2.14. The molecule has 0 aliphatic rings. The molecule has 128 valence electrons. The second kappa shape index (κ2) is 7.79. The number of rotatable bonds is 8. The molecule has 0 radical (unpaired) electrons. The van der Waals surface area contributed by atoms with Crippen LogP contribution in [0.3, 0.4) is 0 Å². The van der Waals surface area contributed by atoms with E-state index in [-0.39, 0.29) is 6.10 Å². The molecule has 0 saturated heterocycles. The lowest BCUT2D eigenvalue weighted by Crippen LogP contribution is -3.06. The minimum absolute atomic E-state index is 0.337. The normalized spacial score (nSPS) is 13.2. The van der Waals surface area contributed by atoms with Gasteiger partial charge in [-0.15, -0.1) is 0 Å². The Bertz CT molecular complexity index is 741. The molecule has 0 fully saturated rings. The maximum Gasteiger partial charge on any atom is 0.121 e. The van der Waals surface area contributed by atoms with Gasteiger partial charge in [-0.25, -0.2) is 0 Å². The fraction of sp³-hybridized carbons (Fsp3) is 0.400. The number of nitrogens with zero attached hydrogens (tertiary/aromatic N) is 1. The highest BCUT2D eigenvalue weighted by atomic mass is 16.3. The minimum atomic E-state index is -0.337. The number of hydrogen-bond acceptors (Lipinski definition) is 1. The molecule has 4 nitrogen and oxygen atoms in total. The number of aliphatic hydroxyl groups excluding tert-OH is 1. The Hall–Kier alpha value is -1.88. The van der Waals surface area contributed by atoms with Crippen LogP contribution < -0.4 is 10.2 Å². The molecule has 4 N–H and O–H groups in total. The zero-order valence-electron chi connectivity index (χ0n) is 14.7. The molecular weight excluding hydrogens is 298 g/mol. The van der Waals surface area contributed by atoms with Crippen molar-refractivity contribution in [3.63, 3.8) is 0 Å². The number of nitrogens with one attached hydrogen (secondary N) is 1. The van der Waals surface area contributed by atoms with Crippen molar-refractivity contribution in [2.75, 3.05) is 33.7 Å². The van der Waals surface area contributed by atoms with E-state index in [0.717, 1.165) is 13.1 Å². The van der Waals surface area contributed by atoms with Crippen molar-refractivity contribution in [3.8, 4) is 0 Å². The summed E-state index contributed by atoms with van der Waals surface area (Å²) < 4.78 is 2.26. The Labute approximate surface area is 143 Å². The second-order valence-corrected chi connectivity index (χ2v) is 6.92. The Morgan fingerprint density at radius 1 is 1.00 bits per heavy atom. The molecule has 0 unspecified atom stereocenters. The van der Waals surface area contributed by atoms with E-state index in [1.165, 1.54) is 39.7 Å². The van der Waals surface area contributed by atoms with Gasteiger partial charge >= 0.3 is 0 Å². The minimum Gasteiger partial charge on any atom is -0.385 e. The first-order valence-electron chi connectivity index (χ1n) is 8.91. The van der Waals surface area contributed by atoms with Gasteiger partial charge in [0.25, 0.3) is 0 Å². The topological polar surface area (TPSA) is 46.2 Å². The summed E-state index contributed by atoms with van der Waals surface area (Å²) in [6.07, 6.45) is 0.848. The van der Waals surface area contributed by atoms with Crippen LogP contribution in [0.25, 0.3) is 21.8 Å². The first-order chi connectivity index (χ1) is 11.7. The van der Waals surface area contributed by atoms with E-state index in [2.05, 4.69) is 72.5 Å². The van der Waals surface area contributed by atoms with E-state index >= 15 is 0 Å². The van der Waals surface area contributed by atoms with Gasteiger partial charge in [0, 0.05) is 28.2 Å². The van der Waals surface area contributed by atoms with E-state index in [1.54, 1.807) is 0 Å². The van der Waals surface area contributed by atoms with Crippen LogP contribution in [-0.2, 0) is 6.54 Å². The van der Waals surface area contributed by atoms with E-state index in [4.69, 9.17) is 0 Å². The van der Waals surface area contributed by atoms with Crippen LogP contribution >= 0.6 is 0 Å². The maximum absolute atomic E-state index is 10.5. The Morgan fingerprint density at radius 2 is 1.58 bits per heavy atom. The Balaban J connectivity index is 1.70. The van der Waals surface area contributed by atoms with Crippen LogP contribution in [0.2, 0.25) is 0 Å². The molecular formula is C20H29N3O+2. The van der Waals surface area contributed by atoms with Crippen molar-refractivity contribution in [2.45, 2.75) is 19.1 Å². The number of benzene rings is 2. The summed E-state index contributed by atoms with van der Waals surface area (Å²) in [5.41, 5.74) is 2.41. The summed E-state index contributed by atoms with van der Waals surface area (Å²) in [6, 6.07) is 16.9. The van der Waals surface area contributed by atoms with Crippen LogP contribution in [0.4, 0.5) is 0 Å². The number of aromatic nitrogens is 1. The van der Waals surface area contributed by atoms with Crippen molar-refractivity contribution < 1.29 is 15.3 Å². The number of nitrogens with two attached hydrogens (primary N) is 1. The number of aliphatic hydroxyl groups is 1. The number of fused-ring (bicyclic) bond motifs is 3. The van der Waals surface area contributed by atoms with Crippen molar-refractivity contribution in [1.29, 1.82) is 0 Å². The van der Waals surface area contributed by atoms with Crippen molar-refractivity contribution >= 4 is 21.8 Å². The first kappa shape index (κ1) is 17.0. The summed E-state index contributed by atoms with van der Waals surface area (Å²) in [5.74, 6) is 0. The number of hydrogen-bond donors (Lipinski definition) is 3. The van der Waals surface area contributed by atoms with Gasteiger partial charge in [-0.05, 0) is 12.1 Å². The Morgan fingerprint density at radius 3 is 2.17 bits per heavy atom. The predicted octanol–water partition coefficient (Wildman–Crippen LogP) is 0.253. The molecule has 0 amide bonds. The molecule has 1 heterocycles. The maximum atomic E-state index is 10.5. The highest BCUT2D eigenvalue weighted by molar-refractivity contribution is 6.07. The molecule has 0 saturated carbocycles. The molecule has 24 heavy (non-hydrogen) atoms. The lowest BCUT2D eigenvalue weighted by molar-refractivity contribution is -0.860. The molecule has 1 aromatic heterocycles. The number of para-hydroxylation sites is 2. The summed E-state index contributed by atoms with van der Waals surface area (Å²) in [4.78, 5) is 1.48. The fourth-order valence-corrected chi connectivity index (χ4v) is 3.40. The molecule has 1 atom stereocenters. The average Bonchev–Trinajstić information content (AvgIpc) is 2.89. The monoisotopic (exact) mass is 327 g/mol. The average molecular weight is 327 g/mol. The molecule has 2 aromatic carbocycles. The summed E-state index contributed by atoms with van der Waals surface area (Å²) in [7, 11) is 4.36. The molecule has 0 bridgehead atoms. The quantitative estimate of drug-likeness (QED) is 0.511. The smallest absolute Gasteiger partial charge is 0.121 e. The standard InChI is InChI=1S/C20H27N3O/c1-22(2)13-7-12-21-14-16(24)15-23-19-10-5-3-8-17(19)18-9-4-6-11-20(18)23/h3-6,8-11,16,21,24H,7,12-15H2,1-2H3/p+2/t16-/m1/s1. The Kier molecular flexibility index (Phi) is 5.51. The second-order valence-electron chi connectivity index (χ2n) is 6.92. The third-order valence-electron chi connectivity index (χ3n) is 4.60. The summed E-state index contributed by atoms with van der Waals surface area (Å²) in [6.45, 7) is 3.65. The van der Waals surface area contributed by atoms with Gasteiger partial charge in [0.05, 0.1) is 33.7 Å². The zero-order chi connectivity index (χ0) is 16.9. The lowest BCUT2D eigenvalue weighted by atomic mass is 10.2. The van der Waals surface area contributed by atoms with E-state index < -0.39 is 0 Å². The molecule has 0 spiro atoms. The summed E-state index contributed by atoms with van der Waals surface area (Å²) in [5, 5.41) is 15.3. The van der Waals surface area contributed by atoms with E-state index in [1.807, 2.05) is 0 Å². The van der Waals surface area contributed by atoms with Gasteiger partial charge < -0.3 is 19.9 Å². The van der Waals surface area contributed by atoms with Gasteiger partial charge in [0.2, 0.25) is 0 Å². The third kappa shape index (κ3) is 3.78. The van der Waals surface area contributed by atoms with Gasteiger partial charge in [-0.2, -0.15) is 0 Å². The molecule has 4 heteroatoms. The highest BCUT2D eigenvalue weighted by Crippen LogP contribution is 2.28. The van der Waals surface area contributed by atoms with Crippen LogP contribution in [0.5, 0.6) is 0 Å². The third-order valence-corrected chi connectivity index (χ3v) is 4.60. The van der Waals surface area contributed by atoms with Gasteiger partial charge in [0.15, 0.2) is 0 Å². The van der Waals surface area contributed by atoms with Crippen LogP contribution in [0.15, 0.2) is 48.5 Å². The van der Waals surface area contributed by atoms with Crippen LogP contribution in [0.1, 0.15) is 6.42 Å². The zero-order valence-corrected chi connectivity index (χ0v) is 14.7.